The van der Waals surface area contributed by atoms with Gasteiger partial charge in [-0.15, -0.1) is 0 Å². The van der Waals surface area contributed by atoms with Gasteiger partial charge in [0, 0.05) is 47.0 Å². The van der Waals surface area contributed by atoms with Crippen molar-refractivity contribution in [2.45, 2.75) is 65.0 Å². The Kier molecular flexibility index (Phi) is 6.35. The van der Waals surface area contributed by atoms with Crippen molar-refractivity contribution in [3.8, 4) is 11.3 Å². The maximum absolute atomic E-state index is 7.58. The summed E-state index contributed by atoms with van der Waals surface area (Å²) in [7, 11) is 0. The first kappa shape index (κ1) is 21.1. The lowest BCUT2D eigenvalue weighted by molar-refractivity contribution is 0.101. The molecule has 0 radical (unpaired) electrons. The summed E-state index contributed by atoms with van der Waals surface area (Å²) in [6.45, 7) is 5.90. The van der Waals surface area contributed by atoms with Crippen molar-refractivity contribution in [3.63, 3.8) is 0 Å². The Morgan fingerprint density at radius 1 is 1.23 bits per heavy atom. The first-order valence-electron chi connectivity index (χ1n) is 11.0. The van der Waals surface area contributed by atoms with E-state index in [2.05, 4.69) is 40.4 Å². The number of fused-ring (bicyclic) bond motifs is 1. The van der Waals surface area contributed by atoms with Crippen molar-refractivity contribution in [1.29, 1.82) is 5.41 Å². The van der Waals surface area contributed by atoms with E-state index in [4.69, 9.17) is 15.1 Å². The van der Waals surface area contributed by atoms with Crippen LogP contribution in [0.3, 0.4) is 0 Å². The minimum Gasteiger partial charge on any atom is -0.498 e. The second-order valence-electron chi connectivity index (χ2n) is 8.65. The molecule has 1 saturated carbocycles. The molecule has 1 aliphatic carbocycles. The molecule has 0 saturated heterocycles. The van der Waals surface area contributed by atoms with Gasteiger partial charge in [0.1, 0.15) is 0 Å². The number of allylic oxidation sites excluding steroid dienone is 1. The minimum atomic E-state index is 0.250. The molecule has 0 spiro atoms. The Labute approximate surface area is 183 Å². The molecule has 1 aromatic carbocycles. The molecule has 3 aromatic rings. The molecule has 2 heterocycles. The quantitative estimate of drug-likeness (QED) is 0.325. The van der Waals surface area contributed by atoms with Gasteiger partial charge < -0.3 is 20.4 Å². The van der Waals surface area contributed by atoms with Crippen LogP contribution in [0.25, 0.3) is 22.2 Å². The van der Waals surface area contributed by atoms with Crippen LogP contribution in [0.5, 0.6) is 0 Å². The summed E-state index contributed by atoms with van der Waals surface area (Å²) in [5, 5.41) is 12.3. The predicted molar refractivity (Wildman–Crippen MR) is 127 cm³/mol. The Hall–Kier alpha value is -3.15. The molecule has 2 aromatic heterocycles. The van der Waals surface area contributed by atoms with Crippen molar-refractivity contribution < 1.29 is 4.74 Å². The highest BCUT2D eigenvalue weighted by molar-refractivity contribution is 5.95. The number of H-pyrrole nitrogens is 1. The van der Waals surface area contributed by atoms with Gasteiger partial charge in [0.15, 0.2) is 0 Å². The molecule has 162 valence electrons. The number of hydrogen-bond donors (Lipinski definition) is 3. The van der Waals surface area contributed by atoms with Crippen LogP contribution in [0.4, 0.5) is 5.95 Å². The van der Waals surface area contributed by atoms with Crippen LogP contribution >= 0.6 is 0 Å². The predicted octanol–water partition coefficient (Wildman–Crippen LogP) is 6.01. The van der Waals surface area contributed by atoms with E-state index >= 15 is 0 Å². The van der Waals surface area contributed by atoms with Crippen LogP contribution in [0.2, 0.25) is 0 Å². The number of aromatic amines is 1. The van der Waals surface area contributed by atoms with Crippen LogP contribution in [0.15, 0.2) is 48.5 Å². The lowest BCUT2D eigenvalue weighted by Gasteiger charge is -2.29. The minimum absolute atomic E-state index is 0.250. The first-order valence-corrected chi connectivity index (χ1v) is 11.0. The van der Waals surface area contributed by atoms with E-state index in [0.717, 1.165) is 53.6 Å². The zero-order chi connectivity index (χ0) is 21.8. The highest BCUT2D eigenvalue weighted by Gasteiger charge is 2.22. The number of hydrogen-bond acceptors (Lipinski definition) is 5. The van der Waals surface area contributed by atoms with Gasteiger partial charge in [-0.05, 0) is 63.7 Å². The van der Waals surface area contributed by atoms with E-state index < -0.39 is 0 Å². The highest BCUT2D eigenvalue weighted by atomic mass is 16.5. The van der Waals surface area contributed by atoms with E-state index in [1.807, 2.05) is 38.6 Å². The van der Waals surface area contributed by atoms with Crippen LogP contribution in [-0.4, -0.2) is 32.8 Å². The average Bonchev–Trinajstić information content (AvgIpc) is 3.18. The standard InChI is InChI=1S/C25H31N5O/c1-16(12-18(3)26)15-31-20-10-8-19(9-11-20)29-25-28-13-17(2)24(30-25)22-14-27-23-7-5-4-6-21(22)23/h4-7,13-15,19-20,26-27H,8-12H2,1-3H3,(H,28,29,30)/b16-15+,26-18?. The largest absolute Gasteiger partial charge is 0.498 e. The van der Waals surface area contributed by atoms with Crippen molar-refractivity contribution >= 4 is 22.6 Å². The number of para-hydroxylation sites is 1. The summed E-state index contributed by atoms with van der Waals surface area (Å²) < 4.78 is 5.95. The number of ether oxygens (including phenoxy) is 1. The molecule has 3 N–H and O–H groups in total. The summed E-state index contributed by atoms with van der Waals surface area (Å²) in [6, 6.07) is 8.65. The molecule has 1 aliphatic rings. The van der Waals surface area contributed by atoms with Gasteiger partial charge in [-0.1, -0.05) is 18.2 Å². The topological polar surface area (TPSA) is 86.7 Å². The number of aromatic nitrogens is 3. The number of rotatable bonds is 7. The van der Waals surface area contributed by atoms with Gasteiger partial charge >= 0.3 is 0 Å². The summed E-state index contributed by atoms with van der Waals surface area (Å²) in [6.07, 6.45) is 10.8. The molecule has 0 amide bonds. The maximum Gasteiger partial charge on any atom is 0.223 e. The van der Waals surface area contributed by atoms with Gasteiger partial charge in [0.05, 0.1) is 18.1 Å². The van der Waals surface area contributed by atoms with Gasteiger partial charge in [-0.25, -0.2) is 9.97 Å². The van der Waals surface area contributed by atoms with Gasteiger partial charge in [-0.2, -0.15) is 0 Å². The van der Waals surface area contributed by atoms with E-state index in [1.165, 1.54) is 5.39 Å². The molecule has 4 rings (SSSR count). The van der Waals surface area contributed by atoms with E-state index in [0.29, 0.717) is 24.1 Å². The second-order valence-corrected chi connectivity index (χ2v) is 8.65. The van der Waals surface area contributed by atoms with Crippen molar-refractivity contribution in [2.75, 3.05) is 5.32 Å². The third-order valence-electron chi connectivity index (χ3n) is 5.83. The molecule has 6 nitrogen and oxygen atoms in total. The van der Waals surface area contributed by atoms with Crippen LogP contribution in [-0.2, 0) is 4.74 Å². The van der Waals surface area contributed by atoms with Crippen LogP contribution in [0, 0.1) is 12.3 Å². The summed E-state index contributed by atoms with van der Waals surface area (Å²) in [5.74, 6) is 0.687. The second kappa shape index (κ2) is 9.33. The molecule has 0 atom stereocenters. The van der Waals surface area contributed by atoms with E-state index in [-0.39, 0.29) is 6.10 Å². The highest BCUT2D eigenvalue weighted by Crippen LogP contribution is 2.30. The molecular formula is C25H31N5O. The van der Waals surface area contributed by atoms with Gasteiger partial charge in [-0.3, -0.25) is 0 Å². The molecule has 0 aliphatic heterocycles. The SMILES string of the molecule is CC(=N)C/C(C)=C/OC1CCC(Nc2ncc(C)c(-c3c[nH]c4ccccc34)n2)CC1. The first-order chi connectivity index (χ1) is 15.0. The fraction of sp³-hybridized carbons (Fsp3) is 0.400. The normalized spacial score (nSPS) is 19.4. The number of aryl methyl sites for hydroxylation is 1. The van der Waals surface area contributed by atoms with Crippen LogP contribution < -0.4 is 5.32 Å². The molecule has 1 fully saturated rings. The molecule has 0 unspecified atom stereocenters. The molecule has 6 heteroatoms. The monoisotopic (exact) mass is 417 g/mol. The Morgan fingerprint density at radius 3 is 2.77 bits per heavy atom. The van der Waals surface area contributed by atoms with Crippen molar-refractivity contribution in [1.82, 2.24) is 15.0 Å². The van der Waals surface area contributed by atoms with Crippen molar-refractivity contribution in [2.24, 2.45) is 0 Å². The summed E-state index contributed by atoms with van der Waals surface area (Å²) in [4.78, 5) is 12.7. The number of nitrogens with zero attached hydrogens (tertiary/aromatic N) is 2. The van der Waals surface area contributed by atoms with Crippen LogP contribution in [0.1, 0.15) is 51.5 Å². The number of nitrogens with one attached hydrogen (secondary N) is 3. The zero-order valence-corrected chi connectivity index (χ0v) is 18.5. The average molecular weight is 418 g/mol. The number of anilines is 1. The Bertz CT molecular complexity index is 1090. The summed E-state index contributed by atoms with van der Waals surface area (Å²) >= 11 is 0. The van der Waals surface area contributed by atoms with Crippen molar-refractivity contribution in [3.05, 3.63) is 54.1 Å². The lowest BCUT2D eigenvalue weighted by Crippen LogP contribution is -2.29. The molecular weight excluding hydrogens is 386 g/mol. The van der Waals surface area contributed by atoms with E-state index in [1.54, 1.807) is 0 Å². The summed E-state index contributed by atoms with van der Waals surface area (Å²) in [5.41, 5.74) is 6.02. The van der Waals surface area contributed by atoms with Gasteiger partial charge in [0.25, 0.3) is 0 Å². The molecule has 0 bridgehead atoms. The fourth-order valence-electron chi connectivity index (χ4n) is 4.25. The fourth-order valence-corrected chi connectivity index (χ4v) is 4.25. The molecule has 31 heavy (non-hydrogen) atoms. The third kappa shape index (κ3) is 5.13. The lowest BCUT2D eigenvalue weighted by atomic mass is 9.93. The van der Waals surface area contributed by atoms with Gasteiger partial charge in [0.2, 0.25) is 5.95 Å². The Balaban J connectivity index is 1.39. The third-order valence-corrected chi connectivity index (χ3v) is 5.83. The zero-order valence-electron chi connectivity index (χ0n) is 18.5. The van der Waals surface area contributed by atoms with E-state index in [9.17, 15) is 0 Å². The maximum atomic E-state index is 7.58. The smallest absolute Gasteiger partial charge is 0.223 e. The Morgan fingerprint density at radius 2 is 2.00 bits per heavy atom. The number of benzene rings is 1.